The summed E-state index contributed by atoms with van der Waals surface area (Å²) in [5.74, 6) is -2.46. The molecule has 12 nitrogen and oxygen atoms in total. The van der Waals surface area contributed by atoms with Crippen LogP contribution in [-0.4, -0.2) is 75.6 Å². The van der Waals surface area contributed by atoms with E-state index in [-0.39, 0.29) is 31.5 Å². The third-order valence-electron chi connectivity index (χ3n) is 11.2. The maximum Gasteiger partial charge on any atom is 0.416 e. The average Bonchev–Trinajstić information content (AvgIpc) is 3.95. The molecule has 1 aromatic heterocycles. The molecule has 2 aromatic carbocycles. The van der Waals surface area contributed by atoms with Gasteiger partial charge in [-0.15, -0.1) is 0 Å². The number of nitrogens with zero attached hydrogens (tertiary/aromatic N) is 3. The summed E-state index contributed by atoms with van der Waals surface area (Å²) in [7, 11) is -4.01. The molecule has 2 aliphatic heterocycles. The van der Waals surface area contributed by atoms with Gasteiger partial charge in [0, 0.05) is 24.6 Å². The zero-order valence-electron chi connectivity index (χ0n) is 30.2. The largest absolute Gasteiger partial charge is 0.459 e. The van der Waals surface area contributed by atoms with Crippen LogP contribution in [0.3, 0.4) is 0 Å². The van der Waals surface area contributed by atoms with Crippen LogP contribution in [0, 0.1) is 5.92 Å². The fourth-order valence-corrected chi connectivity index (χ4v) is 8.84. The molecule has 0 unspecified atom stereocenters. The Morgan fingerprint density at radius 1 is 1.09 bits per heavy atom. The predicted octanol–water partition coefficient (Wildman–Crippen LogP) is 5.30. The normalized spacial score (nSPS) is 27.8. The summed E-state index contributed by atoms with van der Waals surface area (Å²) in [6, 6.07) is 10.3. The molecule has 3 aromatic rings. The van der Waals surface area contributed by atoms with Crippen LogP contribution < -0.4 is 20.1 Å². The van der Waals surface area contributed by atoms with Gasteiger partial charge in [0.2, 0.25) is 21.8 Å². The van der Waals surface area contributed by atoms with Crippen LogP contribution in [0.2, 0.25) is 0 Å². The van der Waals surface area contributed by atoms with Gasteiger partial charge in [0.05, 0.1) is 27.9 Å². The summed E-state index contributed by atoms with van der Waals surface area (Å²) in [6.07, 6.45) is 2.44. The third-order valence-corrected chi connectivity index (χ3v) is 13.4. The Morgan fingerprint density at radius 2 is 1.87 bits per heavy atom. The van der Waals surface area contributed by atoms with Crippen molar-refractivity contribution in [3.63, 3.8) is 0 Å². The monoisotopic (exact) mass is 770 g/mol. The highest BCUT2D eigenvalue weighted by atomic mass is 32.2. The standard InChI is InChI=1S/C38H45F3N6O6S/c1-3-46-30-17-10-9-15-28(30)43-35(46)53-27-21-31-32(48)44-37(34(50)45-54(51,52)36(2)18-19-36)22-25(37)12-7-5-4-6-8-16-29(33(49)47(31)23-27)42-26-14-11-13-24(20-26)38(39,40)41/h7,9-15,17,20,25,27,29,31,42H,3-6,8,16,18-19,21-23H2,1-2H3,(H,44,48)(H,45,50)/b12-7-/t25-,27-,29+,31+,37-/m1/s1. The number of ether oxygens (including phenoxy) is 1. The fourth-order valence-electron chi connectivity index (χ4n) is 7.53. The molecule has 3 fully saturated rings. The number of alkyl halides is 3. The predicted molar refractivity (Wildman–Crippen MR) is 195 cm³/mol. The Kier molecular flexibility index (Phi) is 9.94. The molecule has 3 N–H and O–H groups in total. The van der Waals surface area contributed by atoms with Gasteiger partial charge >= 0.3 is 6.18 Å². The maximum absolute atomic E-state index is 14.6. The lowest BCUT2D eigenvalue weighted by Crippen LogP contribution is -2.58. The number of carbonyl (C=O) groups excluding carboxylic acids is 3. The smallest absolute Gasteiger partial charge is 0.416 e. The molecule has 4 aliphatic rings. The van der Waals surface area contributed by atoms with Crippen LogP contribution >= 0.6 is 0 Å². The lowest BCUT2D eigenvalue weighted by Gasteiger charge is -2.30. The second-order valence-corrected chi connectivity index (χ2v) is 17.3. The highest BCUT2D eigenvalue weighted by Gasteiger charge is 2.63. The number of anilines is 1. The number of hydrogen-bond acceptors (Lipinski definition) is 8. The molecular weight excluding hydrogens is 726 g/mol. The molecule has 3 amide bonds. The number of allylic oxidation sites excluding steroid dienone is 1. The van der Waals surface area contributed by atoms with Gasteiger partial charge in [-0.1, -0.05) is 43.2 Å². The van der Waals surface area contributed by atoms with Gasteiger partial charge in [0.15, 0.2) is 0 Å². The maximum atomic E-state index is 14.6. The minimum absolute atomic E-state index is 0.0232. The first-order chi connectivity index (χ1) is 25.6. The van der Waals surface area contributed by atoms with Gasteiger partial charge in [-0.05, 0) is 82.7 Å². The van der Waals surface area contributed by atoms with Gasteiger partial charge in [0.1, 0.15) is 23.7 Å². The summed E-state index contributed by atoms with van der Waals surface area (Å²) in [5, 5.41) is 5.88. The molecule has 2 saturated carbocycles. The number of aryl methyl sites for hydroxylation is 1. The number of benzene rings is 2. The number of rotatable bonds is 8. The van der Waals surface area contributed by atoms with E-state index in [0.29, 0.717) is 50.2 Å². The van der Waals surface area contributed by atoms with Crippen LogP contribution in [0.1, 0.15) is 77.2 Å². The molecule has 2 aliphatic carbocycles. The van der Waals surface area contributed by atoms with Crippen molar-refractivity contribution >= 4 is 44.5 Å². The first-order valence-corrected chi connectivity index (χ1v) is 20.0. The Morgan fingerprint density at radius 3 is 2.61 bits per heavy atom. The molecule has 54 heavy (non-hydrogen) atoms. The summed E-state index contributed by atoms with van der Waals surface area (Å²) in [4.78, 5) is 48.8. The van der Waals surface area contributed by atoms with Crippen molar-refractivity contribution in [1.82, 2.24) is 24.5 Å². The van der Waals surface area contributed by atoms with E-state index in [1.54, 1.807) is 6.92 Å². The Hall–Kier alpha value is -4.60. The van der Waals surface area contributed by atoms with E-state index in [4.69, 9.17) is 4.74 Å². The van der Waals surface area contributed by atoms with Gasteiger partial charge in [0.25, 0.3) is 11.9 Å². The van der Waals surface area contributed by atoms with Gasteiger partial charge in [-0.25, -0.2) is 8.42 Å². The van der Waals surface area contributed by atoms with E-state index < -0.39 is 73.9 Å². The van der Waals surface area contributed by atoms with Crippen molar-refractivity contribution in [1.29, 1.82) is 0 Å². The number of amides is 3. The molecule has 0 radical (unpaired) electrons. The molecule has 7 rings (SSSR count). The number of fused-ring (bicyclic) bond motifs is 3. The zero-order valence-corrected chi connectivity index (χ0v) is 31.0. The second-order valence-electron chi connectivity index (χ2n) is 15.1. The minimum atomic E-state index is -4.59. The van der Waals surface area contributed by atoms with E-state index in [9.17, 15) is 36.0 Å². The number of imidazole rings is 1. The van der Waals surface area contributed by atoms with Gasteiger partial charge in [-0.3, -0.25) is 23.7 Å². The highest BCUT2D eigenvalue weighted by Crippen LogP contribution is 2.47. The first-order valence-electron chi connectivity index (χ1n) is 18.6. The molecular formula is C38H45F3N6O6S. The lowest BCUT2D eigenvalue weighted by atomic mass is 10.0. The molecule has 290 valence electrons. The third kappa shape index (κ3) is 7.40. The second kappa shape index (κ2) is 14.2. The summed E-state index contributed by atoms with van der Waals surface area (Å²) < 4.78 is 76.6. The van der Waals surface area contributed by atoms with Crippen molar-refractivity contribution in [2.75, 3.05) is 11.9 Å². The molecule has 0 spiro atoms. The highest BCUT2D eigenvalue weighted by molar-refractivity contribution is 7.91. The van der Waals surface area contributed by atoms with Crippen molar-refractivity contribution in [3.8, 4) is 6.01 Å². The van der Waals surface area contributed by atoms with Crippen LogP contribution in [0.4, 0.5) is 18.9 Å². The number of para-hydroxylation sites is 2. The topological polar surface area (TPSA) is 152 Å². The van der Waals surface area contributed by atoms with E-state index >= 15 is 0 Å². The Balaban J connectivity index is 1.21. The molecule has 1 saturated heterocycles. The number of nitrogens with one attached hydrogen (secondary N) is 3. The van der Waals surface area contributed by atoms with Crippen LogP contribution in [0.5, 0.6) is 6.01 Å². The van der Waals surface area contributed by atoms with E-state index in [1.165, 1.54) is 17.0 Å². The van der Waals surface area contributed by atoms with Crippen LogP contribution in [0.15, 0.2) is 60.7 Å². The van der Waals surface area contributed by atoms with E-state index in [2.05, 4.69) is 20.3 Å². The number of halogens is 3. The SMILES string of the molecule is CCn1c(O[C@@H]2C[C@H]3C(=O)N[C@]4(C(=O)NS(=O)(=O)C5(C)CC5)C[C@H]4/C=C\CCCCC[C@H](Nc4cccc(C(F)(F)F)c4)C(=O)N3C2)nc2ccccc21. The van der Waals surface area contributed by atoms with Crippen molar-refractivity contribution in [3.05, 3.63) is 66.2 Å². The molecule has 5 atom stereocenters. The number of aromatic nitrogens is 2. The summed E-state index contributed by atoms with van der Waals surface area (Å²) >= 11 is 0. The van der Waals surface area contributed by atoms with Gasteiger partial charge < -0.3 is 20.3 Å². The zero-order chi connectivity index (χ0) is 38.5. The Labute approximate surface area is 311 Å². The lowest BCUT2D eigenvalue weighted by molar-refractivity contribution is -0.140. The van der Waals surface area contributed by atoms with Gasteiger partial charge in [-0.2, -0.15) is 18.2 Å². The minimum Gasteiger partial charge on any atom is -0.459 e. The fraction of sp³-hybridized carbons (Fsp3) is 0.526. The van der Waals surface area contributed by atoms with Crippen molar-refractivity contribution in [2.45, 2.75) is 113 Å². The number of hydrogen-bond donors (Lipinski definition) is 3. The Bertz CT molecular complexity index is 2080. The van der Waals surface area contributed by atoms with Crippen LogP contribution in [-0.2, 0) is 37.1 Å². The quantitative estimate of drug-likeness (QED) is 0.262. The molecule has 0 bridgehead atoms. The molecule has 3 heterocycles. The average molecular weight is 771 g/mol. The van der Waals surface area contributed by atoms with E-state index in [1.807, 2.05) is 47.9 Å². The van der Waals surface area contributed by atoms with E-state index in [0.717, 1.165) is 24.1 Å². The molecule has 16 heteroatoms. The number of carbonyl (C=O) groups is 3. The van der Waals surface area contributed by atoms with Crippen molar-refractivity contribution in [2.24, 2.45) is 5.92 Å². The summed E-state index contributed by atoms with van der Waals surface area (Å²) in [5.41, 5.74) is -0.758. The van der Waals surface area contributed by atoms with Crippen LogP contribution in [0.25, 0.3) is 11.0 Å². The number of sulfonamides is 1. The van der Waals surface area contributed by atoms with Crippen molar-refractivity contribution < 1.29 is 40.7 Å². The first kappa shape index (κ1) is 37.7. The summed E-state index contributed by atoms with van der Waals surface area (Å²) in [6.45, 7) is 4.00.